The van der Waals surface area contributed by atoms with Crippen molar-refractivity contribution in [1.29, 1.82) is 0 Å². The normalized spacial score (nSPS) is 18.1. The van der Waals surface area contributed by atoms with Gasteiger partial charge in [-0.15, -0.1) is 0 Å². The van der Waals surface area contributed by atoms with E-state index in [4.69, 9.17) is 4.74 Å². The van der Waals surface area contributed by atoms with Crippen LogP contribution in [0.3, 0.4) is 0 Å². The minimum Gasteiger partial charge on any atom is -0.494 e. The molecule has 2 aliphatic rings. The number of carbonyl (C=O) groups is 1. The summed E-state index contributed by atoms with van der Waals surface area (Å²) < 4.78 is 32.3. The highest BCUT2D eigenvalue weighted by Crippen LogP contribution is 2.25. The van der Waals surface area contributed by atoms with Gasteiger partial charge in [0.15, 0.2) is 5.17 Å². The number of hydrogen-bond acceptors (Lipinski definition) is 6. The van der Waals surface area contributed by atoms with Crippen LogP contribution in [-0.4, -0.2) is 67.2 Å². The minimum atomic E-state index is -3.46. The van der Waals surface area contributed by atoms with E-state index >= 15 is 0 Å². The van der Waals surface area contributed by atoms with Crippen LogP contribution in [0.15, 0.2) is 58.4 Å². The monoisotopic (exact) mass is 488 g/mol. The molecule has 0 atom stereocenters. The minimum absolute atomic E-state index is 0.174. The van der Waals surface area contributed by atoms with E-state index < -0.39 is 10.0 Å². The smallest absolute Gasteiger partial charge is 0.243 e. The van der Waals surface area contributed by atoms with Crippen LogP contribution in [0.5, 0.6) is 5.75 Å². The van der Waals surface area contributed by atoms with Crippen molar-refractivity contribution >= 4 is 44.2 Å². The van der Waals surface area contributed by atoms with Crippen LogP contribution in [0.2, 0.25) is 0 Å². The second kappa shape index (κ2) is 10.6. The number of anilines is 1. The predicted octanol–water partition coefficient (Wildman–Crippen LogP) is 3.54. The number of rotatable bonds is 8. The Labute approximate surface area is 199 Å². The van der Waals surface area contributed by atoms with Crippen molar-refractivity contribution in [2.45, 2.75) is 24.7 Å². The number of benzene rings is 2. The molecule has 0 bridgehead atoms. The molecule has 4 rings (SSSR count). The lowest BCUT2D eigenvalue weighted by Crippen LogP contribution is -2.33. The maximum absolute atomic E-state index is 12.6. The molecule has 2 fully saturated rings. The molecular weight excluding hydrogens is 460 g/mol. The highest BCUT2D eigenvalue weighted by molar-refractivity contribution is 8.14. The molecule has 1 amide bonds. The molecule has 2 aromatic rings. The summed E-state index contributed by atoms with van der Waals surface area (Å²) >= 11 is 1.62. The van der Waals surface area contributed by atoms with Gasteiger partial charge in [-0.25, -0.2) is 13.4 Å². The second-order valence-corrected chi connectivity index (χ2v) is 10.8. The molecule has 33 heavy (non-hydrogen) atoms. The molecule has 0 radical (unpaired) electrons. The van der Waals surface area contributed by atoms with Gasteiger partial charge in [0, 0.05) is 31.1 Å². The number of amides is 1. The van der Waals surface area contributed by atoms with Gasteiger partial charge in [0.1, 0.15) is 5.75 Å². The summed E-state index contributed by atoms with van der Waals surface area (Å²) in [4.78, 5) is 19.5. The number of hydrogen-bond donors (Lipinski definition) is 1. The molecule has 2 saturated heterocycles. The third kappa shape index (κ3) is 5.87. The van der Waals surface area contributed by atoms with Gasteiger partial charge in [-0.05, 0) is 68.3 Å². The zero-order valence-electron chi connectivity index (χ0n) is 18.6. The Morgan fingerprint density at radius 2 is 1.76 bits per heavy atom. The largest absolute Gasteiger partial charge is 0.494 e. The van der Waals surface area contributed by atoms with Crippen LogP contribution >= 0.6 is 11.8 Å². The lowest BCUT2D eigenvalue weighted by atomic mass is 10.3. The Balaban J connectivity index is 1.36. The fourth-order valence-corrected chi connectivity index (χ4v) is 6.26. The van der Waals surface area contributed by atoms with Crippen molar-refractivity contribution < 1.29 is 17.9 Å². The molecule has 1 N–H and O–H groups in total. The molecule has 0 unspecified atom stereocenters. The molecular formula is C23H28N4O4S2. The van der Waals surface area contributed by atoms with Crippen molar-refractivity contribution in [3.05, 3.63) is 48.5 Å². The van der Waals surface area contributed by atoms with E-state index in [-0.39, 0.29) is 17.3 Å². The van der Waals surface area contributed by atoms with Crippen LogP contribution in [0.25, 0.3) is 0 Å². The number of nitrogens with zero attached hydrogens (tertiary/aromatic N) is 3. The standard InChI is InChI=1S/C23H28N4O4S2/c1-2-31-20-9-5-19(6-10-20)25-23-26(15-16-32-23)17-22(28)24-18-7-11-21(12-8-18)33(29,30)27-13-3-4-14-27/h5-12H,2-4,13-17H2,1H3,(H,24,28). The zero-order chi connectivity index (χ0) is 23.3. The number of carbonyl (C=O) groups excluding carboxylic acids is 1. The molecule has 0 aliphatic carbocycles. The third-order valence-corrected chi connectivity index (χ3v) is 8.32. The Morgan fingerprint density at radius 3 is 2.42 bits per heavy atom. The molecule has 0 saturated carbocycles. The number of aliphatic imine (C=N–C) groups is 1. The van der Waals surface area contributed by atoms with Gasteiger partial charge < -0.3 is 15.0 Å². The second-order valence-electron chi connectivity index (χ2n) is 7.78. The molecule has 2 heterocycles. The Bertz CT molecular complexity index is 1100. The van der Waals surface area contributed by atoms with E-state index in [1.807, 2.05) is 36.1 Å². The maximum Gasteiger partial charge on any atom is 0.243 e. The van der Waals surface area contributed by atoms with Gasteiger partial charge in [-0.3, -0.25) is 4.79 Å². The highest BCUT2D eigenvalue weighted by atomic mass is 32.2. The van der Waals surface area contributed by atoms with Crippen molar-refractivity contribution in [3.8, 4) is 5.75 Å². The van der Waals surface area contributed by atoms with E-state index in [0.29, 0.717) is 25.4 Å². The van der Waals surface area contributed by atoms with Crippen molar-refractivity contribution in [1.82, 2.24) is 9.21 Å². The Hall–Kier alpha value is -2.56. The van der Waals surface area contributed by atoms with Gasteiger partial charge in [-0.1, -0.05) is 11.8 Å². The van der Waals surface area contributed by atoms with Crippen molar-refractivity contribution in [3.63, 3.8) is 0 Å². The average molecular weight is 489 g/mol. The molecule has 0 spiro atoms. The topological polar surface area (TPSA) is 91.3 Å². The summed E-state index contributed by atoms with van der Waals surface area (Å²) in [5.74, 6) is 1.50. The molecule has 10 heteroatoms. The van der Waals surface area contributed by atoms with Crippen LogP contribution in [-0.2, 0) is 14.8 Å². The van der Waals surface area contributed by atoms with E-state index in [0.717, 1.165) is 41.7 Å². The van der Waals surface area contributed by atoms with Crippen LogP contribution < -0.4 is 10.1 Å². The van der Waals surface area contributed by atoms with E-state index in [2.05, 4.69) is 10.3 Å². The zero-order valence-corrected chi connectivity index (χ0v) is 20.2. The van der Waals surface area contributed by atoms with Crippen molar-refractivity contribution in [2.75, 3.05) is 43.9 Å². The van der Waals surface area contributed by atoms with Gasteiger partial charge in [-0.2, -0.15) is 4.31 Å². The number of nitrogens with one attached hydrogen (secondary N) is 1. The van der Waals surface area contributed by atoms with Gasteiger partial charge in [0.2, 0.25) is 15.9 Å². The first-order chi connectivity index (χ1) is 16.0. The molecule has 8 nitrogen and oxygen atoms in total. The quantitative estimate of drug-likeness (QED) is 0.611. The summed E-state index contributed by atoms with van der Waals surface area (Å²) in [5.41, 5.74) is 1.38. The summed E-state index contributed by atoms with van der Waals surface area (Å²) in [5, 5.41) is 3.66. The number of sulfonamides is 1. The van der Waals surface area contributed by atoms with Crippen LogP contribution in [0.4, 0.5) is 11.4 Å². The highest BCUT2D eigenvalue weighted by Gasteiger charge is 2.27. The molecule has 2 aromatic carbocycles. The lowest BCUT2D eigenvalue weighted by molar-refractivity contribution is -0.116. The van der Waals surface area contributed by atoms with E-state index in [1.54, 1.807) is 36.0 Å². The SMILES string of the molecule is CCOc1ccc(N=C2SCCN2CC(=O)Nc2ccc(S(=O)(=O)N3CCCC3)cc2)cc1. The first-order valence-electron chi connectivity index (χ1n) is 11.0. The molecule has 176 valence electrons. The number of amidine groups is 1. The van der Waals surface area contributed by atoms with Gasteiger partial charge >= 0.3 is 0 Å². The molecule has 2 aliphatic heterocycles. The van der Waals surface area contributed by atoms with E-state index in [1.165, 1.54) is 4.31 Å². The maximum atomic E-state index is 12.6. The first-order valence-corrected chi connectivity index (χ1v) is 13.5. The van der Waals surface area contributed by atoms with Gasteiger partial charge in [0.05, 0.1) is 23.7 Å². The third-order valence-electron chi connectivity index (χ3n) is 5.41. The number of ether oxygens (including phenoxy) is 1. The fraction of sp³-hybridized carbons (Fsp3) is 0.391. The Morgan fingerprint density at radius 1 is 1.06 bits per heavy atom. The predicted molar refractivity (Wildman–Crippen MR) is 132 cm³/mol. The Kier molecular flexibility index (Phi) is 7.56. The van der Waals surface area contributed by atoms with Crippen LogP contribution in [0, 0.1) is 0 Å². The van der Waals surface area contributed by atoms with Crippen molar-refractivity contribution in [2.24, 2.45) is 4.99 Å². The summed E-state index contributed by atoms with van der Waals surface area (Å²) in [6, 6.07) is 13.9. The lowest BCUT2D eigenvalue weighted by Gasteiger charge is -2.18. The fourth-order valence-electron chi connectivity index (χ4n) is 3.74. The summed E-state index contributed by atoms with van der Waals surface area (Å²) in [7, 11) is -3.46. The van der Waals surface area contributed by atoms with Gasteiger partial charge in [0.25, 0.3) is 0 Å². The van der Waals surface area contributed by atoms with E-state index in [9.17, 15) is 13.2 Å². The summed E-state index contributed by atoms with van der Waals surface area (Å²) in [6.45, 7) is 4.60. The first kappa shape index (κ1) is 23.6. The average Bonchev–Trinajstić information content (AvgIpc) is 3.49. The summed E-state index contributed by atoms with van der Waals surface area (Å²) in [6.07, 6.45) is 1.79. The molecule has 0 aromatic heterocycles. The van der Waals surface area contributed by atoms with Crippen LogP contribution in [0.1, 0.15) is 19.8 Å². The number of thioether (sulfide) groups is 1.